The molecule has 0 amide bonds. The van der Waals surface area contributed by atoms with E-state index in [-0.39, 0.29) is 5.56 Å². The number of rotatable bonds is 0. The Morgan fingerprint density at radius 3 is 2.84 bits per heavy atom. The van der Waals surface area contributed by atoms with E-state index in [9.17, 15) is 4.79 Å². The summed E-state index contributed by atoms with van der Waals surface area (Å²) < 4.78 is 1.93. The Morgan fingerprint density at radius 1 is 1.11 bits per heavy atom. The van der Waals surface area contributed by atoms with Crippen molar-refractivity contribution in [3.8, 4) is 0 Å². The minimum Gasteiger partial charge on any atom is -0.291 e. The van der Waals surface area contributed by atoms with Crippen LogP contribution in [0.25, 0.3) is 27.7 Å². The molecule has 2 heterocycles. The quantitative estimate of drug-likeness (QED) is 0.533. The van der Waals surface area contributed by atoms with Gasteiger partial charge in [-0.2, -0.15) is 0 Å². The summed E-state index contributed by atoms with van der Waals surface area (Å²) in [5, 5.41) is 1.27. The number of aromatic nitrogens is 3. The smallest absolute Gasteiger partial charge is 0.260 e. The Kier molecular flexibility index (Phi) is 2.00. The van der Waals surface area contributed by atoms with Gasteiger partial charge in [-0.05, 0) is 30.3 Å². The van der Waals surface area contributed by atoms with Crippen molar-refractivity contribution in [3.05, 3.63) is 57.8 Å². The third-order valence-corrected chi connectivity index (χ3v) is 3.47. The van der Waals surface area contributed by atoms with Crippen molar-refractivity contribution in [2.24, 2.45) is 0 Å². The molecule has 0 unspecified atom stereocenters. The van der Waals surface area contributed by atoms with E-state index < -0.39 is 0 Å². The van der Waals surface area contributed by atoms with Crippen LogP contribution in [0.2, 0.25) is 5.02 Å². The van der Waals surface area contributed by atoms with E-state index in [0.29, 0.717) is 16.2 Å². The van der Waals surface area contributed by atoms with Crippen molar-refractivity contribution < 1.29 is 0 Å². The first kappa shape index (κ1) is 10.6. The molecular weight excluding hydrogens is 262 g/mol. The van der Waals surface area contributed by atoms with Crippen LogP contribution < -0.4 is 5.56 Å². The maximum absolute atomic E-state index is 12.0. The molecule has 0 aliphatic heterocycles. The molecule has 19 heavy (non-hydrogen) atoms. The fourth-order valence-corrected chi connectivity index (χ4v) is 2.58. The van der Waals surface area contributed by atoms with Gasteiger partial charge in [-0.15, -0.1) is 0 Å². The van der Waals surface area contributed by atoms with Gasteiger partial charge in [-0.3, -0.25) is 14.2 Å². The van der Waals surface area contributed by atoms with Gasteiger partial charge < -0.3 is 0 Å². The largest absolute Gasteiger partial charge is 0.291 e. The predicted molar refractivity (Wildman–Crippen MR) is 75.8 cm³/mol. The van der Waals surface area contributed by atoms with Crippen LogP contribution >= 0.6 is 11.6 Å². The molecule has 0 bridgehead atoms. The lowest BCUT2D eigenvalue weighted by atomic mass is 10.2. The highest BCUT2D eigenvalue weighted by Crippen LogP contribution is 2.22. The maximum Gasteiger partial charge on any atom is 0.260 e. The van der Waals surface area contributed by atoms with Gasteiger partial charge in [0.25, 0.3) is 5.56 Å². The molecule has 2 aromatic carbocycles. The van der Waals surface area contributed by atoms with Crippen LogP contribution in [0.15, 0.2) is 47.3 Å². The van der Waals surface area contributed by atoms with Crippen LogP contribution in [-0.2, 0) is 0 Å². The second-order valence-corrected chi connectivity index (χ2v) is 4.81. The highest BCUT2D eigenvalue weighted by atomic mass is 35.5. The number of nitrogens with one attached hydrogen (secondary N) is 1. The highest BCUT2D eigenvalue weighted by molar-refractivity contribution is 6.31. The average molecular weight is 270 g/mol. The first-order valence-electron chi connectivity index (χ1n) is 5.83. The Bertz CT molecular complexity index is 1000. The van der Waals surface area contributed by atoms with E-state index in [0.717, 1.165) is 16.6 Å². The normalized spacial score (nSPS) is 11.6. The fourth-order valence-electron chi connectivity index (χ4n) is 2.41. The summed E-state index contributed by atoms with van der Waals surface area (Å²) in [7, 11) is 0. The SMILES string of the molecule is O=c1[nH]c2nc3cc(Cl)ccc3n2c2ccccc12. The third-order valence-electron chi connectivity index (χ3n) is 3.23. The van der Waals surface area contributed by atoms with E-state index in [1.165, 1.54) is 0 Å². The van der Waals surface area contributed by atoms with Crippen LogP contribution in [0.1, 0.15) is 0 Å². The van der Waals surface area contributed by atoms with Crippen LogP contribution in [-0.4, -0.2) is 14.4 Å². The molecule has 0 spiro atoms. The van der Waals surface area contributed by atoms with E-state index >= 15 is 0 Å². The maximum atomic E-state index is 12.0. The summed E-state index contributed by atoms with van der Waals surface area (Å²) in [6.45, 7) is 0. The van der Waals surface area contributed by atoms with Crippen LogP contribution in [0, 0.1) is 0 Å². The van der Waals surface area contributed by atoms with Crippen molar-refractivity contribution in [2.75, 3.05) is 0 Å². The molecule has 0 saturated heterocycles. The standard InChI is InChI=1S/C14H8ClN3O/c15-8-5-6-12-10(7-8)16-14-17-13(19)9-3-1-2-4-11(9)18(12)14/h1-7H,(H,16,17,19). The van der Waals surface area contributed by atoms with Gasteiger partial charge in [0.2, 0.25) is 5.78 Å². The Labute approximate surface area is 112 Å². The molecule has 1 N–H and O–H groups in total. The Hall–Kier alpha value is -2.33. The number of hydrogen-bond acceptors (Lipinski definition) is 2. The number of H-pyrrole nitrogens is 1. The van der Waals surface area contributed by atoms with Crippen LogP contribution in [0.3, 0.4) is 0 Å². The number of hydrogen-bond donors (Lipinski definition) is 1. The molecule has 2 aromatic heterocycles. The third kappa shape index (κ3) is 1.40. The molecular formula is C14H8ClN3O. The first-order chi connectivity index (χ1) is 9.24. The van der Waals surface area contributed by atoms with Crippen molar-refractivity contribution in [2.45, 2.75) is 0 Å². The molecule has 0 fully saturated rings. The van der Waals surface area contributed by atoms with Gasteiger partial charge in [0.15, 0.2) is 0 Å². The van der Waals surface area contributed by atoms with Gasteiger partial charge >= 0.3 is 0 Å². The number of para-hydroxylation sites is 1. The predicted octanol–water partition coefficient (Wildman–Crippen LogP) is 2.98. The van der Waals surface area contributed by atoms with E-state index in [1.807, 2.05) is 34.7 Å². The molecule has 0 aliphatic rings. The molecule has 92 valence electrons. The minimum atomic E-state index is -0.135. The summed E-state index contributed by atoms with van der Waals surface area (Å²) in [6.07, 6.45) is 0. The van der Waals surface area contributed by atoms with Gasteiger partial charge in [0.1, 0.15) is 0 Å². The lowest BCUT2D eigenvalue weighted by Gasteiger charge is -2.01. The summed E-state index contributed by atoms with van der Waals surface area (Å²) in [5.74, 6) is 0.529. The number of nitrogens with zero attached hydrogens (tertiary/aromatic N) is 2. The molecule has 0 atom stereocenters. The van der Waals surface area contributed by atoms with Crippen LogP contribution in [0.4, 0.5) is 0 Å². The lowest BCUT2D eigenvalue weighted by molar-refractivity contribution is 1.16. The van der Waals surface area contributed by atoms with E-state index in [2.05, 4.69) is 9.97 Å². The topological polar surface area (TPSA) is 50.2 Å². The van der Waals surface area contributed by atoms with Gasteiger partial charge in [-0.25, -0.2) is 4.98 Å². The van der Waals surface area contributed by atoms with Gasteiger partial charge in [-0.1, -0.05) is 23.7 Å². The number of aromatic amines is 1. The molecule has 0 saturated carbocycles. The zero-order valence-electron chi connectivity index (χ0n) is 9.72. The first-order valence-corrected chi connectivity index (χ1v) is 6.20. The number of imidazole rings is 1. The van der Waals surface area contributed by atoms with Gasteiger partial charge in [0.05, 0.1) is 21.9 Å². The molecule has 4 nitrogen and oxygen atoms in total. The minimum absolute atomic E-state index is 0.135. The zero-order chi connectivity index (χ0) is 13.0. The second-order valence-electron chi connectivity index (χ2n) is 4.38. The summed E-state index contributed by atoms with van der Waals surface area (Å²) in [6, 6.07) is 13.0. The van der Waals surface area contributed by atoms with E-state index in [4.69, 9.17) is 11.6 Å². The monoisotopic (exact) mass is 269 g/mol. The number of fused-ring (bicyclic) bond motifs is 5. The Morgan fingerprint density at radius 2 is 1.95 bits per heavy atom. The van der Waals surface area contributed by atoms with E-state index in [1.54, 1.807) is 12.1 Å². The number of halogens is 1. The lowest BCUT2D eigenvalue weighted by Crippen LogP contribution is -2.09. The summed E-state index contributed by atoms with van der Waals surface area (Å²) in [5.41, 5.74) is 2.39. The highest BCUT2D eigenvalue weighted by Gasteiger charge is 2.10. The Balaban J connectivity index is 2.38. The van der Waals surface area contributed by atoms with Crippen molar-refractivity contribution in [3.63, 3.8) is 0 Å². The summed E-state index contributed by atoms with van der Waals surface area (Å²) >= 11 is 5.97. The average Bonchev–Trinajstić information content (AvgIpc) is 2.76. The number of benzene rings is 2. The van der Waals surface area contributed by atoms with Gasteiger partial charge in [0, 0.05) is 5.02 Å². The molecule has 5 heteroatoms. The van der Waals surface area contributed by atoms with Crippen molar-refractivity contribution >= 4 is 39.3 Å². The van der Waals surface area contributed by atoms with Crippen LogP contribution in [0.5, 0.6) is 0 Å². The fraction of sp³-hybridized carbons (Fsp3) is 0. The van der Waals surface area contributed by atoms with Crippen molar-refractivity contribution in [1.82, 2.24) is 14.4 Å². The molecule has 0 radical (unpaired) electrons. The summed E-state index contributed by atoms with van der Waals surface area (Å²) in [4.78, 5) is 19.2. The molecule has 0 aliphatic carbocycles. The molecule has 4 rings (SSSR count). The zero-order valence-corrected chi connectivity index (χ0v) is 10.5. The second kappa shape index (κ2) is 3.59. The van der Waals surface area contributed by atoms with Crippen molar-refractivity contribution in [1.29, 1.82) is 0 Å². The molecule has 4 aromatic rings.